The van der Waals surface area contributed by atoms with Gasteiger partial charge < -0.3 is 20.9 Å². The zero-order chi connectivity index (χ0) is 27.8. The average molecular weight is 530 g/mol. The van der Waals surface area contributed by atoms with Crippen LogP contribution in [0, 0.1) is 34.8 Å². The second-order valence-corrected chi connectivity index (χ2v) is 11.2. The molecule has 1 aliphatic heterocycles. The summed E-state index contributed by atoms with van der Waals surface area (Å²) >= 11 is 0. The van der Waals surface area contributed by atoms with Gasteiger partial charge in [0.15, 0.2) is 0 Å². The third-order valence-corrected chi connectivity index (χ3v) is 8.35. The van der Waals surface area contributed by atoms with Crippen LogP contribution in [0.5, 0.6) is 0 Å². The summed E-state index contributed by atoms with van der Waals surface area (Å²) < 4.78 is 27.6. The Balaban J connectivity index is 1.56. The van der Waals surface area contributed by atoms with Crippen LogP contribution in [-0.4, -0.2) is 45.2 Å². The SMILES string of the molecule is CC(C)C1CC1(C(N)=O)[C@H](CC(=O)N1CCCC[C@@H]1C)C(=O)N[C@@H](C)c1ncc(-c2ccc(F)cc2F)[nH]1. The summed E-state index contributed by atoms with van der Waals surface area (Å²) in [5.74, 6) is -3.09. The van der Waals surface area contributed by atoms with E-state index in [2.05, 4.69) is 15.3 Å². The summed E-state index contributed by atoms with van der Waals surface area (Å²) in [5.41, 5.74) is 5.29. The van der Waals surface area contributed by atoms with Crippen LogP contribution < -0.4 is 11.1 Å². The standard InChI is InChI=1S/C28H37F2N5O3/c1-15(2)21-13-28(21,27(31)38)20(12-24(36)35-10-6-5-7-16(35)3)26(37)33-17(4)25-32-14-23(34-25)19-9-8-18(29)11-22(19)30/h8-9,11,14-17,20-21H,5-7,10,12-13H2,1-4H3,(H2,31,38)(H,32,34)(H,33,37)/t16-,17-,20+,21?,28?/m0/s1. The lowest BCUT2D eigenvalue weighted by Gasteiger charge is -2.35. The number of nitrogens with zero attached hydrogens (tertiary/aromatic N) is 2. The molecule has 10 heteroatoms. The van der Waals surface area contributed by atoms with Gasteiger partial charge in [-0.2, -0.15) is 0 Å². The Morgan fingerprint density at radius 1 is 1.24 bits per heavy atom. The van der Waals surface area contributed by atoms with E-state index in [1.165, 1.54) is 12.3 Å². The van der Waals surface area contributed by atoms with Crippen molar-refractivity contribution in [3.63, 3.8) is 0 Å². The fraction of sp³-hybridized carbons (Fsp3) is 0.571. The van der Waals surface area contributed by atoms with E-state index in [0.717, 1.165) is 31.4 Å². The van der Waals surface area contributed by atoms with Crippen LogP contribution in [-0.2, 0) is 14.4 Å². The number of aromatic amines is 1. The van der Waals surface area contributed by atoms with Gasteiger partial charge >= 0.3 is 0 Å². The molecule has 1 saturated carbocycles. The third-order valence-electron chi connectivity index (χ3n) is 8.35. The summed E-state index contributed by atoms with van der Waals surface area (Å²) in [6.45, 7) is 8.32. The first kappa shape index (κ1) is 27.7. The second kappa shape index (κ2) is 10.8. The number of carbonyl (C=O) groups excluding carboxylic acids is 3. The molecule has 0 spiro atoms. The van der Waals surface area contributed by atoms with E-state index in [1.54, 1.807) is 6.92 Å². The van der Waals surface area contributed by atoms with Crippen LogP contribution in [0.3, 0.4) is 0 Å². The maximum atomic E-state index is 14.2. The first-order valence-corrected chi connectivity index (χ1v) is 13.4. The number of imidazole rings is 1. The zero-order valence-electron chi connectivity index (χ0n) is 22.4. The maximum absolute atomic E-state index is 14.2. The highest BCUT2D eigenvalue weighted by atomic mass is 19.1. The summed E-state index contributed by atoms with van der Waals surface area (Å²) in [6, 6.07) is 2.70. The van der Waals surface area contributed by atoms with Crippen LogP contribution >= 0.6 is 0 Å². The van der Waals surface area contributed by atoms with E-state index in [9.17, 15) is 23.2 Å². The molecule has 4 rings (SSSR count). The highest BCUT2D eigenvalue weighted by Crippen LogP contribution is 2.62. The maximum Gasteiger partial charge on any atom is 0.225 e. The van der Waals surface area contributed by atoms with E-state index in [4.69, 9.17) is 5.73 Å². The molecule has 2 aromatic rings. The summed E-state index contributed by atoms with van der Waals surface area (Å²) in [5, 5.41) is 2.90. The van der Waals surface area contributed by atoms with Crippen molar-refractivity contribution in [2.75, 3.05) is 6.54 Å². The fourth-order valence-corrected chi connectivity index (χ4v) is 6.04. The lowest BCUT2D eigenvalue weighted by molar-refractivity contribution is -0.143. The van der Waals surface area contributed by atoms with E-state index in [0.29, 0.717) is 24.5 Å². The lowest BCUT2D eigenvalue weighted by atomic mass is 9.80. The first-order chi connectivity index (χ1) is 18.0. The number of rotatable bonds is 9. The van der Waals surface area contributed by atoms with Crippen molar-refractivity contribution in [1.82, 2.24) is 20.2 Å². The van der Waals surface area contributed by atoms with E-state index in [-0.39, 0.29) is 35.8 Å². The van der Waals surface area contributed by atoms with Gasteiger partial charge in [-0.15, -0.1) is 0 Å². The molecular weight excluding hydrogens is 492 g/mol. The number of carbonyl (C=O) groups is 3. The third kappa shape index (κ3) is 5.31. The highest BCUT2D eigenvalue weighted by molar-refractivity contribution is 5.95. The van der Waals surface area contributed by atoms with Crippen LogP contribution in [0.15, 0.2) is 24.4 Å². The van der Waals surface area contributed by atoms with Gasteiger partial charge in [0.1, 0.15) is 17.5 Å². The highest BCUT2D eigenvalue weighted by Gasteiger charge is 2.66. The average Bonchev–Trinajstić information content (AvgIpc) is 3.44. The topological polar surface area (TPSA) is 121 Å². The molecule has 5 atom stereocenters. The predicted octanol–water partition coefficient (Wildman–Crippen LogP) is 4.09. The number of aromatic nitrogens is 2. The van der Waals surface area contributed by atoms with Crippen LogP contribution in [0.1, 0.15) is 71.7 Å². The Morgan fingerprint density at radius 2 is 1.97 bits per heavy atom. The van der Waals surface area contributed by atoms with Gasteiger partial charge in [0, 0.05) is 30.6 Å². The molecule has 2 aliphatic rings. The van der Waals surface area contributed by atoms with E-state index >= 15 is 0 Å². The number of H-pyrrole nitrogens is 1. The minimum absolute atomic E-state index is 0.0805. The molecule has 4 N–H and O–H groups in total. The van der Waals surface area contributed by atoms with Crippen molar-refractivity contribution in [3.8, 4) is 11.3 Å². The van der Waals surface area contributed by atoms with Crippen LogP contribution in [0.2, 0.25) is 0 Å². The van der Waals surface area contributed by atoms with Gasteiger partial charge in [-0.25, -0.2) is 13.8 Å². The van der Waals surface area contributed by atoms with Gasteiger partial charge in [-0.3, -0.25) is 14.4 Å². The molecular formula is C28H37F2N5O3. The molecule has 0 radical (unpaired) electrons. The number of hydrogen-bond acceptors (Lipinski definition) is 4. The molecule has 1 aromatic carbocycles. The smallest absolute Gasteiger partial charge is 0.225 e. The van der Waals surface area contributed by atoms with Gasteiger partial charge in [0.25, 0.3) is 0 Å². The number of amides is 3. The van der Waals surface area contributed by atoms with Gasteiger partial charge in [0.2, 0.25) is 17.7 Å². The van der Waals surface area contributed by atoms with Crippen LogP contribution in [0.25, 0.3) is 11.3 Å². The summed E-state index contributed by atoms with van der Waals surface area (Å²) in [6.07, 6.45) is 4.65. The van der Waals surface area contributed by atoms with Crippen molar-refractivity contribution in [3.05, 3.63) is 41.9 Å². The van der Waals surface area contributed by atoms with E-state index < -0.39 is 40.8 Å². The monoisotopic (exact) mass is 529 g/mol. The van der Waals surface area contributed by atoms with Crippen molar-refractivity contribution >= 4 is 17.7 Å². The van der Waals surface area contributed by atoms with E-state index in [1.807, 2.05) is 25.7 Å². The predicted molar refractivity (Wildman–Crippen MR) is 138 cm³/mol. The van der Waals surface area contributed by atoms with Crippen LogP contribution in [0.4, 0.5) is 8.78 Å². The largest absolute Gasteiger partial charge is 0.369 e. The Hall–Kier alpha value is -3.30. The number of benzene rings is 1. The minimum Gasteiger partial charge on any atom is -0.369 e. The lowest BCUT2D eigenvalue weighted by Crippen LogP contribution is -2.48. The molecule has 3 amide bonds. The van der Waals surface area contributed by atoms with Gasteiger partial charge in [0.05, 0.1) is 29.3 Å². The Bertz CT molecular complexity index is 1210. The quantitative estimate of drug-likeness (QED) is 0.453. The molecule has 2 unspecified atom stereocenters. The molecule has 2 heterocycles. The number of primary amides is 1. The van der Waals surface area contributed by atoms with Gasteiger partial charge in [-0.1, -0.05) is 13.8 Å². The number of piperidine rings is 1. The number of hydrogen-bond donors (Lipinski definition) is 3. The van der Waals surface area contributed by atoms with Gasteiger partial charge in [-0.05, 0) is 63.5 Å². The second-order valence-electron chi connectivity index (χ2n) is 11.2. The fourth-order valence-electron chi connectivity index (χ4n) is 6.04. The molecule has 1 aliphatic carbocycles. The summed E-state index contributed by atoms with van der Waals surface area (Å²) in [4.78, 5) is 48.9. The number of nitrogens with one attached hydrogen (secondary N) is 2. The molecule has 8 nitrogen and oxygen atoms in total. The minimum atomic E-state index is -1.09. The molecule has 2 fully saturated rings. The Morgan fingerprint density at radius 3 is 2.58 bits per heavy atom. The molecule has 206 valence electrons. The normalized spacial score (nSPS) is 24.7. The number of halogens is 2. The number of nitrogens with two attached hydrogens (primary N) is 1. The number of likely N-dealkylation sites (tertiary alicyclic amines) is 1. The van der Waals surface area contributed by atoms with Crippen molar-refractivity contribution in [1.29, 1.82) is 0 Å². The Kier molecular flexibility index (Phi) is 7.90. The molecule has 0 bridgehead atoms. The molecule has 38 heavy (non-hydrogen) atoms. The van der Waals surface area contributed by atoms with Crippen molar-refractivity contribution in [2.24, 2.45) is 28.9 Å². The molecule has 1 aromatic heterocycles. The Labute approximate surface area is 221 Å². The van der Waals surface area contributed by atoms with Crippen molar-refractivity contribution in [2.45, 2.75) is 71.9 Å². The van der Waals surface area contributed by atoms with Crippen molar-refractivity contribution < 1.29 is 23.2 Å². The zero-order valence-corrected chi connectivity index (χ0v) is 22.4. The summed E-state index contributed by atoms with van der Waals surface area (Å²) in [7, 11) is 0. The molecule has 1 saturated heterocycles. The first-order valence-electron chi connectivity index (χ1n) is 13.4.